The summed E-state index contributed by atoms with van der Waals surface area (Å²) in [6.07, 6.45) is 8.27. The first-order chi connectivity index (χ1) is 47.2. The van der Waals surface area contributed by atoms with Crippen LogP contribution < -0.4 is 42.0 Å². The molecule has 0 spiro atoms. The molecule has 31 nitrogen and oxygen atoms in total. The fourth-order valence-corrected chi connectivity index (χ4v) is 11.2. The summed E-state index contributed by atoms with van der Waals surface area (Å²) >= 11 is 5.56. The molecule has 4 atom stereocenters. The molecule has 0 saturated carbocycles. The van der Waals surface area contributed by atoms with Crippen LogP contribution in [0.1, 0.15) is 106 Å². The molecular formula is C66H95N13O18S. The summed E-state index contributed by atoms with van der Waals surface area (Å²) in [6.45, 7) is 4.35. The lowest BCUT2D eigenvalue weighted by Crippen LogP contribution is -2.51. The fourth-order valence-electron chi connectivity index (χ4n) is 11.0. The maximum absolute atomic E-state index is 13.7. The molecule has 0 bridgehead atoms. The Hall–Kier alpha value is -8.71. The largest absolute Gasteiger partial charge is 0.484 e. The van der Waals surface area contributed by atoms with Gasteiger partial charge in [0.15, 0.2) is 11.7 Å². The molecule has 3 heterocycles. The van der Waals surface area contributed by atoms with Gasteiger partial charge in [0.1, 0.15) is 23.9 Å². The Morgan fingerprint density at radius 1 is 0.663 bits per heavy atom. The number of nitrogens with one attached hydrogen (secondary N) is 7. The zero-order valence-electron chi connectivity index (χ0n) is 55.6. The Morgan fingerprint density at radius 2 is 1.32 bits per heavy atom. The van der Waals surface area contributed by atoms with Crippen molar-refractivity contribution < 1.29 is 87.3 Å². The first kappa shape index (κ1) is 80.0. The quantitative estimate of drug-likeness (QED) is 0.0283. The monoisotopic (exact) mass is 1390 g/mol. The van der Waals surface area contributed by atoms with E-state index in [2.05, 4.69) is 48.3 Å². The minimum atomic E-state index is -1.25. The number of pyridine rings is 1. The number of ether oxygens (including phenoxy) is 4. The van der Waals surface area contributed by atoms with Crippen LogP contribution in [0.5, 0.6) is 5.75 Å². The lowest BCUT2D eigenvalue weighted by atomic mass is 10.0. The van der Waals surface area contributed by atoms with E-state index >= 15 is 0 Å². The van der Waals surface area contributed by atoms with E-state index in [1.807, 2.05) is 19.1 Å². The minimum absolute atomic E-state index is 0.00360. The van der Waals surface area contributed by atoms with Gasteiger partial charge in [-0.15, -0.1) is 0 Å². The summed E-state index contributed by atoms with van der Waals surface area (Å²) in [5.41, 5.74) is 2.23. The molecule has 2 aliphatic rings. The number of hydrogen-bond donors (Lipinski definition) is 11. The van der Waals surface area contributed by atoms with E-state index in [-0.39, 0.29) is 136 Å². The molecule has 2 aliphatic heterocycles. The highest BCUT2D eigenvalue weighted by Gasteiger charge is 2.31. The number of carbonyl (C=O) groups is 10. The number of benzene rings is 2. The van der Waals surface area contributed by atoms with Crippen LogP contribution in [0.3, 0.4) is 0 Å². The highest BCUT2D eigenvalue weighted by atomic mass is 32.1. The molecule has 32 heteroatoms. The van der Waals surface area contributed by atoms with Gasteiger partial charge in [-0.2, -0.15) is 5.26 Å². The number of aromatic nitrogens is 1. The van der Waals surface area contributed by atoms with Crippen molar-refractivity contribution in [3.8, 4) is 11.8 Å². The third-order valence-electron chi connectivity index (χ3n) is 16.1. The topological polar surface area (TPSA) is 422 Å². The summed E-state index contributed by atoms with van der Waals surface area (Å²) in [7, 11) is 0. The van der Waals surface area contributed by atoms with Gasteiger partial charge in [0.05, 0.1) is 83.0 Å². The third kappa shape index (κ3) is 31.2. The number of amides is 6. The second-order valence-electron chi connectivity index (χ2n) is 23.7. The zero-order chi connectivity index (χ0) is 71.0. The number of nitrogens with zero attached hydrogens (tertiary/aromatic N) is 6. The second-order valence-corrected chi connectivity index (χ2v) is 24.1. The van der Waals surface area contributed by atoms with Gasteiger partial charge in [0, 0.05) is 101 Å². The second kappa shape index (κ2) is 45.0. The molecule has 0 radical (unpaired) electrons. The van der Waals surface area contributed by atoms with Crippen molar-refractivity contribution in [3.63, 3.8) is 0 Å². The van der Waals surface area contributed by atoms with Crippen LogP contribution in [-0.4, -0.2) is 265 Å². The number of aliphatic carboxylic acids is 4. The SMILES string of the molecule is CCCCCC(=O)NCCCC[C@H](NC(=O)[C@H](CCCCNC(=S)Nc1ccc(CC2CN(CC(=O)O)CCN(CC(=O)O)CCN2CC(=O)O)cc1)NC(=O)CCOCCOCCOCCNC(=O)COc1ccc2c(C(=O)NCC(=O)N3CCC[C@H]3C#N)ccnc2c1)C(=O)O. The van der Waals surface area contributed by atoms with Gasteiger partial charge in [0.2, 0.25) is 23.6 Å². The van der Waals surface area contributed by atoms with Gasteiger partial charge >= 0.3 is 23.9 Å². The number of carbonyl (C=O) groups excluding carboxylic acids is 6. The molecule has 3 aromatic rings. The number of fused-ring (bicyclic) bond motifs is 1. The van der Waals surface area contributed by atoms with Gasteiger partial charge < -0.3 is 81.5 Å². The number of carboxylic acid groups (broad SMARTS) is 4. The Labute approximate surface area is 575 Å². The van der Waals surface area contributed by atoms with Gasteiger partial charge in [-0.25, -0.2) is 4.79 Å². The standard InChI is InChI=1S/C66H95N13O18S/c1-2-3-4-13-56(80)69-22-7-6-12-54(65(92)93)75-64(91)53(11-5-8-23-71-66(98)73-47-16-14-46(15-17-47)37-49-41-77(43-61(86)87)28-27-76(42-60(84)85)29-30-78(49)44-62(88)89)74-57(81)21-31-94-33-35-96-36-34-95-32-25-70-58(82)45-97-50-18-19-51-52(20-24-68-55(51)38-50)63(90)72-40-59(83)79-26-9-10-48(79)39-67/h14-20,24,38,48-49,53-54H,2-13,21-23,25-37,40-45H2,1H3,(H,69,80)(H,70,82)(H,72,90)(H,74,81)(H,75,91)(H,84,85)(H,86,87)(H,88,89)(H,92,93)(H2,71,73,98)/t48-,49?,53-,54-/m0/s1. The Bertz CT molecular complexity index is 3140. The first-order valence-corrected chi connectivity index (χ1v) is 33.7. The van der Waals surface area contributed by atoms with Crippen LogP contribution in [-0.2, 0) is 63.8 Å². The van der Waals surface area contributed by atoms with Crippen LogP contribution >= 0.6 is 12.2 Å². The van der Waals surface area contributed by atoms with Crippen molar-refractivity contribution in [1.82, 2.24) is 56.5 Å². The maximum Gasteiger partial charge on any atom is 0.326 e. The van der Waals surface area contributed by atoms with Crippen molar-refractivity contribution in [1.29, 1.82) is 5.26 Å². The molecule has 5 rings (SSSR count). The molecule has 2 aromatic carbocycles. The average Bonchev–Trinajstić information content (AvgIpc) is 1.13. The number of rotatable bonds is 45. The van der Waals surface area contributed by atoms with E-state index in [9.17, 15) is 73.6 Å². The maximum atomic E-state index is 13.7. The molecule has 6 amide bonds. The summed E-state index contributed by atoms with van der Waals surface area (Å²) in [6, 6.07) is 12.6. The van der Waals surface area contributed by atoms with E-state index in [4.69, 9.17) is 31.2 Å². The summed E-state index contributed by atoms with van der Waals surface area (Å²) in [5, 5.41) is 68.8. The van der Waals surface area contributed by atoms with Crippen molar-refractivity contribution in [2.24, 2.45) is 0 Å². The predicted octanol–water partition coefficient (Wildman–Crippen LogP) is 1.58. The molecule has 0 aliphatic carbocycles. The Morgan fingerprint density at radius 3 is 2.01 bits per heavy atom. The number of anilines is 1. The minimum Gasteiger partial charge on any atom is -0.484 e. The molecule has 98 heavy (non-hydrogen) atoms. The van der Waals surface area contributed by atoms with Crippen LogP contribution in [0.15, 0.2) is 54.7 Å². The highest BCUT2D eigenvalue weighted by Crippen LogP contribution is 2.23. The number of likely N-dealkylation sites (tertiary alicyclic amines) is 1. The Kier molecular flexibility index (Phi) is 36.7. The molecular weight excluding hydrogens is 1290 g/mol. The van der Waals surface area contributed by atoms with E-state index in [0.717, 1.165) is 31.2 Å². The number of carboxylic acids is 4. The molecule has 1 aromatic heterocycles. The van der Waals surface area contributed by atoms with Crippen molar-refractivity contribution in [2.75, 3.05) is 137 Å². The van der Waals surface area contributed by atoms with Crippen LogP contribution in [0.25, 0.3) is 10.9 Å². The number of thiocarbonyl (C=S) groups is 1. The van der Waals surface area contributed by atoms with Crippen molar-refractivity contribution in [3.05, 3.63) is 65.9 Å². The summed E-state index contributed by atoms with van der Waals surface area (Å²) < 4.78 is 22.4. The normalized spacial score (nSPS) is 15.8. The van der Waals surface area contributed by atoms with E-state index in [1.54, 1.807) is 45.0 Å². The van der Waals surface area contributed by atoms with Crippen molar-refractivity contribution >= 4 is 93.2 Å². The Balaban J connectivity index is 0.998. The van der Waals surface area contributed by atoms with Gasteiger partial charge in [-0.05, 0) is 112 Å². The summed E-state index contributed by atoms with van der Waals surface area (Å²) in [4.78, 5) is 136. The molecule has 11 N–H and O–H groups in total. The van der Waals surface area contributed by atoms with Gasteiger partial charge in [-0.3, -0.25) is 62.8 Å². The van der Waals surface area contributed by atoms with E-state index in [1.165, 1.54) is 17.2 Å². The predicted molar refractivity (Wildman–Crippen MR) is 362 cm³/mol. The molecule has 1 unspecified atom stereocenters. The van der Waals surface area contributed by atoms with Gasteiger partial charge in [-0.1, -0.05) is 31.9 Å². The zero-order valence-corrected chi connectivity index (χ0v) is 56.5. The van der Waals surface area contributed by atoms with E-state index in [0.29, 0.717) is 104 Å². The smallest absolute Gasteiger partial charge is 0.326 e. The number of nitriles is 1. The van der Waals surface area contributed by atoms with Crippen molar-refractivity contribution in [2.45, 2.75) is 121 Å². The highest BCUT2D eigenvalue weighted by molar-refractivity contribution is 7.80. The van der Waals surface area contributed by atoms with E-state index < -0.39 is 71.7 Å². The molecule has 2 fully saturated rings. The lowest BCUT2D eigenvalue weighted by molar-refractivity contribution is -0.142. The fraction of sp³-hybridized carbons (Fsp3) is 0.591. The lowest BCUT2D eigenvalue weighted by Gasteiger charge is -2.33. The van der Waals surface area contributed by atoms with Gasteiger partial charge in [0.25, 0.3) is 11.8 Å². The third-order valence-corrected chi connectivity index (χ3v) is 16.4. The molecule has 538 valence electrons. The average molecular weight is 1390 g/mol. The number of hydrogen-bond acceptors (Lipinski definition) is 20. The number of unbranched alkanes of at least 4 members (excludes halogenated alkanes) is 4. The first-order valence-electron chi connectivity index (χ1n) is 33.3. The van der Waals surface area contributed by atoms with Crippen LogP contribution in [0, 0.1) is 11.3 Å². The van der Waals surface area contributed by atoms with Crippen LogP contribution in [0.2, 0.25) is 0 Å². The van der Waals surface area contributed by atoms with Crippen LogP contribution in [0.4, 0.5) is 5.69 Å². The summed E-state index contributed by atoms with van der Waals surface area (Å²) in [5.74, 6) is -6.50. The molecule has 2 saturated heterocycles.